The van der Waals surface area contributed by atoms with E-state index in [4.69, 9.17) is 9.15 Å². The lowest BCUT2D eigenvalue weighted by molar-refractivity contribution is 0.0481. The standard InChI is InChI=1S/C12H11FN2O3/c1-3-17-12(16)11-15-14-10(18-11)8-6-4-5-7(2)9(8)13/h4-6H,3H2,1-2H3. The Hall–Kier alpha value is -2.24. The molecule has 0 bridgehead atoms. The molecule has 0 atom stereocenters. The Bertz CT molecular complexity index is 580. The lowest BCUT2D eigenvalue weighted by Crippen LogP contribution is -2.04. The molecule has 0 spiro atoms. The number of hydrogen-bond acceptors (Lipinski definition) is 5. The van der Waals surface area contributed by atoms with E-state index >= 15 is 0 Å². The van der Waals surface area contributed by atoms with Crippen LogP contribution < -0.4 is 0 Å². The van der Waals surface area contributed by atoms with E-state index < -0.39 is 11.8 Å². The molecule has 94 valence electrons. The predicted octanol–water partition coefficient (Wildman–Crippen LogP) is 2.36. The van der Waals surface area contributed by atoms with Crippen molar-refractivity contribution in [3.8, 4) is 11.5 Å². The van der Waals surface area contributed by atoms with E-state index in [1.54, 1.807) is 26.0 Å². The van der Waals surface area contributed by atoms with Crippen LogP contribution in [0.1, 0.15) is 23.2 Å². The van der Waals surface area contributed by atoms with Gasteiger partial charge in [-0.3, -0.25) is 0 Å². The fourth-order valence-electron chi connectivity index (χ4n) is 1.42. The van der Waals surface area contributed by atoms with E-state index in [1.807, 2.05) is 0 Å². The van der Waals surface area contributed by atoms with Gasteiger partial charge in [0.2, 0.25) is 0 Å². The van der Waals surface area contributed by atoms with Crippen molar-refractivity contribution in [2.24, 2.45) is 0 Å². The summed E-state index contributed by atoms with van der Waals surface area (Å²) in [5.41, 5.74) is 0.626. The van der Waals surface area contributed by atoms with Gasteiger partial charge in [-0.25, -0.2) is 9.18 Å². The van der Waals surface area contributed by atoms with E-state index in [0.29, 0.717) is 5.56 Å². The van der Waals surface area contributed by atoms with Crippen LogP contribution in [-0.4, -0.2) is 22.8 Å². The number of rotatable bonds is 3. The monoisotopic (exact) mass is 250 g/mol. The summed E-state index contributed by atoms with van der Waals surface area (Å²) in [7, 11) is 0. The summed E-state index contributed by atoms with van der Waals surface area (Å²) in [4.78, 5) is 11.3. The summed E-state index contributed by atoms with van der Waals surface area (Å²) < 4.78 is 23.6. The predicted molar refractivity (Wildman–Crippen MR) is 60.4 cm³/mol. The van der Waals surface area contributed by atoms with Gasteiger partial charge < -0.3 is 9.15 Å². The second-order valence-corrected chi connectivity index (χ2v) is 3.57. The summed E-state index contributed by atoms with van der Waals surface area (Å²) >= 11 is 0. The highest BCUT2D eigenvalue weighted by Gasteiger charge is 2.19. The molecular formula is C12H11FN2O3. The quantitative estimate of drug-likeness (QED) is 0.782. The number of carbonyl (C=O) groups is 1. The van der Waals surface area contributed by atoms with Gasteiger partial charge in [0.05, 0.1) is 12.2 Å². The van der Waals surface area contributed by atoms with Gasteiger partial charge in [0.1, 0.15) is 5.82 Å². The summed E-state index contributed by atoms with van der Waals surface area (Å²) in [5, 5.41) is 7.16. The molecule has 1 aromatic heterocycles. The lowest BCUT2D eigenvalue weighted by Gasteiger charge is -2.00. The highest BCUT2D eigenvalue weighted by molar-refractivity contribution is 5.84. The van der Waals surface area contributed by atoms with Crippen LogP contribution in [0.25, 0.3) is 11.5 Å². The highest BCUT2D eigenvalue weighted by Crippen LogP contribution is 2.23. The molecular weight excluding hydrogens is 239 g/mol. The molecule has 0 amide bonds. The van der Waals surface area contributed by atoms with Crippen molar-refractivity contribution in [3.63, 3.8) is 0 Å². The van der Waals surface area contributed by atoms with Gasteiger partial charge in [-0.05, 0) is 25.5 Å². The molecule has 0 aliphatic carbocycles. The highest BCUT2D eigenvalue weighted by atomic mass is 19.1. The van der Waals surface area contributed by atoms with E-state index in [-0.39, 0.29) is 24.0 Å². The van der Waals surface area contributed by atoms with Crippen LogP contribution in [0.2, 0.25) is 0 Å². The smallest absolute Gasteiger partial charge is 0.396 e. The topological polar surface area (TPSA) is 65.2 Å². The Morgan fingerprint density at radius 2 is 2.22 bits per heavy atom. The number of hydrogen-bond donors (Lipinski definition) is 0. The van der Waals surface area contributed by atoms with Crippen LogP contribution in [0.4, 0.5) is 4.39 Å². The zero-order valence-corrected chi connectivity index (χ0v) is 9.94. The van der Waals surface area contributed by atoms with Crippen LogP contribution in [0.5, 0.6) is 0 Å². The first-order valence-electron chi connectivity index (χ1n) is 5.39. The SMILES string of the molecule is CCOC(=O)c1nnc(-c2cccc(C)c2F)o1. The van der Waals surface area contributed by atoms with Crippen molar-refractivity contribution < 1.29 is 18.3 Å². The number of carbonyl (C=O) groups excluding carboxylic acids is 1. The van der Waals surface area contributed by atoms with Gasteiger partial charge in [-0.15, -0.1) is 10.2 Å². The molecule has 0 saturated carbocycles. The van der Waals surface area contributed by atoms with Gasteiger partial charge in [-0.1, -0.05) is 12.1 Å². The minimum Gasteiger partial charge on any atom is -0.459 e. The number of nitrogens with zero attached hydrogens (tertiary/aromatic N) is 2. The normalized spacial score (nSPS) is 10.4. The molecule has 0 unspecified atom stereocenters. The molecule has 0 aliphatic rings. The average Bonchev–Trinajstić information content (AvgIpc) is 2.82. The molecule has 0 N–H and O–H groups in total. The Balaban J connectivity index is 2.35. The molecule has 1 aromatic carbocycles. The van der Waals surface area contributed by atoms with Crippen LogP contribution >= 0.6 is 0 Å². The van der Waals surface area contributed by atoms with Crippen molar-refractivity contribution in [3.05, 3.63) is 35.5 Å². The molecule has 0 saturated heterocycles. The third-order valence-electron chi connectivity index (χ3n) is 2.30. The zero-order chi connectivity index (χ0) is 13.1. The summed E-state index contributed by atoms with van der Waals surface area (Å²) in [6.07, 6.45) is 0. The van der Waals surface area contributed by atoms with Gasteiger partial charge in [0, 0.05) is 0 Å². The number of ether oxygens (including phenoxy) is 1. The van der Waals surface area contributed by atoms with E-state index in [0.717, 1.165) is 0 Å². The molecule has 2 aromatic rings. The van der Waals surface area contributed by atoms with E-state index in [9.17, 15) is 9.18 Å². The van der Waals surface area contributed by atoms with Crippen molar-refractivity contribution in [2.75, 3.05) is 6.61 Å². The molecule has 18 heavy (non-hydrogen) atoms. The van der Waals surface area contributed by atoms with Crippen molar-refractivity contribution >= 4 is 5.97 Å². The molecule has 5 nitrogen and oxygen atoms in total. The van der Waals surface area contributed by atoms with Crippen LogP contribution in [0.15, 0.2) is 22.6 Å². The fraction of sp³-hybridized carbons (Fsp3) is 0.250. The molecule has 6 heteroatoms. The Morgan fingerprint density at radius 3 is 2.94 bits per heavy atom. The van der Waals surface area contributed by atoms with E-state index in [2.05, 4.69) is 10.2 Å². The molecule has 0 fully saturated rings. The lowest BCUT2D eigenvalue weighted by atomic mass is 10.1. The number of halogens is 1. The Morgan fingerprint density at radius 1 is 1.44 bits per heavy atom. The molecule has 2 rings (SSSR count). The number of benzene rings is 1. The summed E-state index contributed by atoms with van der Waals surface area (Å²) in [6, 6.07) is 4.80. The summed E-state index contributed by atoms with van der Waals surface area (Å²) in [5.74, 6) is -1.49. The van der Waals surface area contributed by atoms with Crippen molar-refractivity contribution in [1.29, 1.82) is 0 Å². The van der Waals surface area contributed by atoms with Crippen LogP contribution in [-0.2, 0) is 4.74 Å². The van der Waals surface area contributed by atoms with E-state index in [1.165, 1.54) is 6.07 Å². The second kappa shape index (κ2) is 4.95. The number of aromatic nitrogens is 2. The maximum atomic E-state index is 13.8. The third-order valence-corrected chi connectivity index (χ3v) is 2.30. The first-order chi connectivity index (χ1) is 8.63. The van der Waals surface area contributed by atoms with Gasteiger partial charge >= 0.3 is 11.9 Å². The molecule has 0 aliphatic heterocycles. The second-order valence-electron chi connectivity index (χ2n) is 3.57. The van der Waals surface area contributed by atoms with Gasteiger partial charge in [0.25, 0.3) is 5.89 Å². The van der Waals surface area contributed by atoms with Crippen LogP contribution in [0, 0.1) is 12.7 Å². The zero-order valence-electron chi connectivity index (χ0n) is 9.94. The van der Waals surface area contributed by atoms with Gasteiger partial charge in [-0.2, -0.15) is 0 Å². The number of aryl methyl sites for hydroxylation is 1. The average molecular weight is 250 g/mol. The minimum atomic E-state index is -0.718. The largest absolute Gasteiger partial charge is 0.459 e. The minimum absolute atomic E-state index is 0.0424. The maximum Gasteiger partial charge on any atom is 0.396 e. The maximum absolute atomic E-state index is 13.8. The Kier molecular flexibility index (Phi) is 3.36. The first-order valence-corrected chi connectivity index (χ1v) is 5.39. The fourth-order valence-corrected chi connectivity index (χ4v) is 1.42. The summed E-state index contributed by atoms with van der Waals surface area (Å²) in [6.45, 7) is 3.49. The third kappa shape index (κ3) is 2.22. The van der Waals surface area contributed by atoms with Crippen molar-refractivity contribution in [1.82, 2.24) is 10.2 Å². The van der Waals surface area contributed by atoms with Crippen LogP contribution in [0.3, 0.4) is 0 Å². The van der Waals surface area contributed by atoms with Gasteiger partial charge in [0.15, 0.2) is 0 Å². The van der Waals surface area contributed by atoms with Crippen molar-refractivity contribution in [2.45, 2.75) is 13.8 Å². The first kappa shape index (κ1) is 12.2. The molecule has 0 radical (unpaired) electrons. The number of esters is 1. The Labute approximate surface area is 103 Å². The molecule has 1 heterocycles.